The van der Waals surface area contributed by atoms with Crippen molar-refractivity contribution >= 4 is 38.2 Å². The largest absolute Gasteiger partial charge is 0.313 e. The standard InChI is InChI=1S/C29H31N5O4S2/c1-19-16-20(2)34(31-19)29(36)26-24-14-15-32(3)18-25(24)39-28(26)30-27(35)22-10-12-23(13-11-22)40(37,38)33(4)17-21-8-6-5-7-9-21/h5-13,16H,14-15,17-18H2,1-4H3,(H,30,35). The highest BCUT2D eigenvalue weighted by Crippen LogP contribution is 2.38. The van der Waals surface area contributed by atoms with Crippen LogP contribution in [0.1, 0.15) is 48.1 Å². The van der Waals surface area contributed by atoms with Crippen LogP contribution in [0.3, 0.4) is 0 Å². The maximum absolute atomic E-state index is 13.7. The number of nitrogens with zero attached hydrogens (tertiary/aromatic N) is 4. The molecule has 1 aliphatic rings. The first-order chi connectivity index (χ1) is 19.0. The zero-order valence-electron chi connectivity index (χ0n) is 22.8. The molecule has 5 rings (SSSR count). The maximum Gasteiger partial charge on any atom is 0.281 e. The Balaban J connectivity index is 1.39. The van der Waals surface area contributed by atoms with Crippen LogP contribution in [0.5, 0.6) is 0 Å². The van der Waals surface area contributed by atoms with E-state index < -0.39 is 15.9 Å². The molecule has 0 fully saturated rings. The van der Waals surface area contributed by atoms with Gasteiger partial charge in [-0.3, -0.25) is 9.59 Å². The quantitative estimate of drug-likeness (QED) is 0.351. The molecule has 40 heavy (non-hydrogen) atoms. The van der Waals surface area contributed by atoms with Crippen molar-refractivity contribution in [2.75, 3.05) is 26.0 Å². The van der Waals surface area contributed by atoms with Gasteiger partial charge in [-0.15, -0.1) is 11.3 Å². The van der Waals surface area contributed by atoms with Gasteiger partial charge >= 0.3 is 0 Å². The van der Waals surface area contributed by atoms with Crippen molar-refractivity contribution < 1.29 is 18.0 Å². The van der Waals surface area contributed by atoms with Gasteiger partial charge in [-0.1, -0.05) is 30.3 Å². The number of benzene rings is 2. The molecule has 1 N–H and O–H groups in total. The van der Waals surface area contributed by atoms with Gasteiger partial charge in [0.15, 0.2) is 0 Å². The summed E-state index contributed by atoms with van der Waals surface area (Å²) in [4.78, 5) is 30.3. The topological polar surface area (TPSA) is 105 Å². The molecule has 0 unspecified atom stereocenters. The molecule has 1 amide bonds. The number of thiophene rings is 1. The third kappa shape index (κ3) is 5.50. The summed E-state index contributed by atoms with van der Waals surface area (Å²) >= 11 is 1.40. The van der Waals surface area contributed by atoms with E-state index in [9.17, 15) is 18.0 Å². The molecule has 208 valence electrons. The van der Waals surface area contributed by atoms with Crippen LogP contribution in [0.15, 0.2) is 65.6 Å². The van der Waals surface area contributed by atoms with E-state index in [4.69, 9.17) is 0 Å². The number of hydrogen-bond donors (Lipinski definition) is 1. The van der Waals surface area contributed by atoms with Crippen LogP contribution in [0.25, 0.3) is 0 Å². The smallest absolute Gasteiger partial charge is 0.281 e. The number of anilines is 1. The van der Waals surface area contributed by atoms with E-state index in [1.807, 2.05) is 57.3 Å². The minimum absolute atomic E-state index is 0.0949. The molecule has 0 saturated heterocycles. The first-order valence-corrected chi connectivity index (χ1v) is 15.1. The van der Waals surface area contributed by atoms with Crippen molar-refractivity contribution in [2.45, 2.75) is 38.3 Å². The number of amides is 1. The summed E-state index contributed by atoms with van der Waals surface area (Å²) in [5.74, 6) is -0.693. The molecule has 2 aromatic heterocycles. The summed E-state index contributed by atoms with van der Waals surface area (Å²) in [6.07, 6.45) is 0.696. The van der Waals surface area contributed by atoms with Crippen LogP contribution in [-0.4, -0.2) is 59.9 Å². The Hall–Kier alpha value is -3.64. The summed E-state index contributed by atoms with van der Waals surface area (Å²) < 4.78 is 28.9. The number of carbonyl (C=O) groups excluding carboxylic acids is 2. The molecule has 0 bridgehead atoms. The summed E-state index contributed by atoms with van der Waals surface area (Å²) in [7, 11) is -0.200. The Morgan fingerprint density at radius 3 is 2.42 bits per heavy atom. The van der Waals surface area contributed by atoms with E-state index >= 15 is 0 Å². The Bertz CT molecular complexity index is 1680. The minimum atomic E-state index is -3.75. The summed E-state index contributed by atoms with van der Waals surface area (Å²) in [6, 6.07) is 17.0. The van der Waals surface area contributed by atoms with E-state index in [1.54, 1.807) is 0 Å². The molecule has 0 atom stereocenters. The van der Waals surface area contributed by atoms with Crippen LogP contribution in [0.2, 0.25) is 0 Å². The van der Waals surface area contributed by atoms with Gasteiger partial charge in [-0.05, 0) is 68.8 Å². The van der Waals surface area contributed by atoms with Crippen molar-refractivity contribution in [3.05, 3.63) is 99.2 Å². The number of carbonyl (C=O) groups is 2. The van der Waals surface area contributed by atoms with Gasteiger partial charge in [0.05, 0.1) is 16.2 Å². The Morgan fingerprint density at radius 2 is 1.77 bits per heavy atom. The first kappa shape index (κ1) is 27.9. The van der Waals surface area contributed by atoms with Crippen LogP contribution < -0.4 is 5.32 Å². The molecule has 0 spiro atoms. The van der Waals surface area contributed by atoms with Gasteiger partial charge in [-0.25, -0.2) is 13.1 Å². The van der Waals surface area contributed by atoms with Crippen molar-refractivity contribution in [3.63, 3.8) is 0 Å². The zero-order chi connectivity index (χ0) is 28.6. The second-order valence-electron chi connectivity index (χ2n) is 10.1. The van der Waals surface area contributed by atoms with Crippen molar-refractivity contribution in [1.82, 2.24) is 19.0 Å². The molecule has 9 nitrogen and oxygen atoms in total. The molecule has 0 saturated carbocycles. The van der Waals surface area contributed by atoms with Crippen LogP contribution in [-0.2, 0) is 29.5 Å². The molecular weight excluding hydrogens is 546 g/mol. The number of aromatic nitrogens is 2. The Morgan fingerprint density at radius 1 is 1.07 bits per heavy atom. The fraction of sp³-hybridized carbons (Fsp3) is 0.276. The normalized spacial score (nSPS) is 13.8. The highest BCUT2D eigenvalue weighted by atomic mass is 32.2. The van der Waals surface area contributed by atoms with Crippen molar-refractivity contribution in [1.29, 1.82) is 0 Å². The fourth-order valence-electron chi connectivity index (χ4n) is 4.84. The maximum atomic E-state index is 13.7. The molecule has 0 radical (unpaired) electrons. The van der Waals surface area contributed by atoms with Gasteiger partial charge in [0.1, 0.15) is 5.00 Å². The SMILES string of the molecule is Cc1cc(C)n(C(=O)c2c(NC(=O)c3ccc(S(=O)(=O)N(C)Cc4ccccc4)cc3)sc3c2CCN(C)C3)n1. The third-order valence-corrected chi connectivity index (χ3v) is 9.91. The van der Waals surface area contributed by atoms with Gasteiger partial charge in [0.25, 0.3) is 11.8 Å². The van der Waals surface area contributed by atoms with Crippen LogP contribution in [0.4, 0.5) is 5.00 Å². The van der Waals surface area contributed by atoms with Gasteiger partial charge in [0, 0.05) is 42.8 Å². The monoisotopic (exact) mass is 577 g/mol. The number of likely N-dealkylation sites (N-methyl/N-ethyl adjacent to an activating group) is 1. The number of fused-ring (bicyclic) bond motifs is 1. The highest BCUT2D eigenvalue weighted by Gasteiger charge is 2.30. The predicted octanol–water partition coefficient (Wildman–Crippen LogP) is 4.31. The summed E-state index contributed by atoms with van der Waals surface area (Å²) in [6.45, 7) is 5.39. The number of nitrogens with one attached hydrogen (secondary N) is 1. The number of hydrogen-bond acceptors (Lipinski definition) is 7. The average molecular weight is 578 g/mol. The average Bonchev–Trinajstić information content (AvgIpc) is 3.46. The lowest BCUT2D eigenvalue weighted by Crippen LogP contribution is -2.27. The molecule has 4 aromatic rings. The van der Waals surface area contributed by atoms with Crippen molar-refractivity contribution in [2.24, 2.45) is 0 Å². The minimum Gasteiger partial charge on any atom is -0.313 e. The number of sulfonamides is 1. The van der Waals surface area contributed by atoms with E-state index in [0.717, 1.165) is 33.9 Å². The van der Waals surface area contributed by atoms with E-state index in [-0.39, 0.29) is 22.9 Å². The van der Waals surface area contributed by atoms with Crippen LogP contribution in [0, 0.1) is 13.8 Å². The number of rotatable bonds is 7. The zero-order valence-corrected chi connectivity index (χ0v) is 24.5. The van der Waals surface area contributed by atoms with Gasteiger partial charge in [-0.2, -0.15) is 9.40 Å². The predicted molar refractivity (Wildman–Crippen MR) is 155 cm³/mol. The summed E-state index contributed by atoms with van der Waals surface area (Å²) in [5.41, 5.74) is 4.04. The second-order valence-corrected chi connectivity index (χ2v) is 13.2. The molecule has 1 aliphatic heterocycles. The lowest BCUT2D eigenvalue weighted by atomic mass is 10.0. The lowest BCUT2D eigenvalue weighted by molar-refractivity contribution is 0.0942. The Kier molecular flexibility index (Phi) is 7.74. The molecule has 0 aliphatic carbocycles. The highest BCUT2D eigenvalue weighted by molar-refractivity contribution is 7.89. The van der Waals surface area contributed by atoms with Crippen molar-refractivity contribution in [3.8, 4) is 0 Å². The first-order valence-electron chi connectivity index (χ1n) is 12.9. The number of aryl methyl sites for hydroxylation is 2. The molecular formula is C29H31N5O4S2. The Labute approximate surface area is 238 Å². The second kappa shape index (κ2) is 11.1. The fourth-order valence-corrected chi connectivity index (χ4v) is 7.32. The molecule has 2 aromatic carbocycles. The van der Waals surface area contributed by atoms with Gasteiger partial charge < -0.3 is 10.2 Å². The summed E-state index contributed by atoms with van der Waals surface area (Å²) in [5, 5.41) is 7.77. The lowest BCUT2D eigenvalue weighted by Gasteiger charge is -2.22. The van der Waals surface area contributed by atoms with Crippen LogP contribution >= 0.6 is 11.3 Å². The van der Waals surface area contributed by atoms with Gasteiger partial charge in [0.2, 0.25) is 10.0 Å². The molecule has 3 heterocycles. The van der Waals surface area contributed by atoms with E-state index in [0.29, 0.717) is 23.5 Å². The molecule has 11 heteroatoms. The van der Waals surface area contributed by atoms with E-state index in [1.165, 1.54) is 51.6 Å². The van der Waals surface area contributed by atoms with E-state index in [2.05, 4.69) is 15.3 Å². The third-order valence-electron chi connectivity index (χ3n) is 6.96.